The van der Waals surface area contributed by atoms with Gasteiger partial charge in [0.1, 0.15) is 5.78 Å². The lowest BCUT2D eigenvalue weighted by atomic mass is 10.1. The van der Waals surface area contributed by atoms with Gasteiger partial charge in [-0.1, -0.05) is 44.2 Å². The second-order valence-electron chi connectivity index (χ2n) is 4.96. The minimum Gasteiger partial charge on any atom is -0.354 e. The number of nitrogens with two attached hydrogens (primary N) is 1. The van der Waals surface area contributed by atoms with E-state index in [1.165, 1.54) is 0 Å². The number of nitrogens with one attached hydrogen (secondary N) is 1. The highest BCUT2D eigenvalue weighted by Gasteiger charge is 2.14. The number of benzene rings is 1. The number of carbonyl (C=O) groups excluding carboxylic acids is 2. The summed E-state index contributed by atoms with van der Waals surface area (Å²) in [6.45, 7) is 4.06. The quantitative estimate of drug-likeness (QED) is 0.777. The number of Topliss-reactive ketones (excluding diaryl/α,β-unsaturated/α-hetero) is 1. The molecule has 1 aromatic carbocycles. The number of hydrogen-bond acceptors (Lipinski definition) is 3. The molecule has 0 fully saturated rings. The fraction of sp³-hybridized carbons (Fsp3) is 0.467. The van der Waals surface area contributed by atoms with Crippen molar-refractivity contribution in [2.24, 2.45) is 11.7 Å². The molecule has 0 heterocycles. The second-order valence-corrected chi connectivity index (χ2v) is 4.96. The van der Waals surface area contributed by atoms with Crippen LogP contribution in [0.1, 0.15) is 25.8 Å². The summed E-state index contributed by atoms with van der Waals surface area (Å²) in [4.78, 5) is 23.2. The summed E-state index contributed by atoms with van der Waals surface area (Å²) in [6, 6.07) is 9.07. The maximum absolute atomic E-state index is 11.8. The monoisotopic (exact) mass is 262 g/mol. The van der Waals surface area contributed by atoms with Crippen molar-refractivity contribution >= 4 is 11.7 Å². The van der Waals surface area contributed by atoms with Crippen molar-refractivity contribution in [3.05, 3.63) is 35.9 Å². The predicted octanol–water partition coefficient (Wildman–Crippen LogP) is 1.29. The molecule has 0 saturated carbocycles. The van der Waals surface area contributed by atoms with Crippen LogP contribution in [0, 0.1) is 5.92 Å². The highest BCUT2D eigenvalue weighted by atomic mass is 16.2. The Morgan fingerprint density at radius 2 is 1.84 bits per heavy atom. The molecule has 19 heavy (non-hydrogen) atoms. The zero-order chi connectivity index (χ0) is 14.3. The third kappa shape index (κ3) is 5.66. The van der Waals surface area contributed by atoms with Gasteiger partial charge in [-0.2, -0.15) is 0 Å². The van der Waals surface area contributed by atoms with Crippen molar-refractivity contribution < 1.29 is 9.59 Å². The van der Waals surface area contributed by atoms with E-state index in [-0.39, 0.29) is 17.6 Å². The van der Waals surface area contributed by atoms with Crippen molar-refractivity contribution in [3.63, 3.8) is 0 Å². The fourth-order valence-electron chi connectivity index (χ4n) is 1.69. The van der Waals surface area contributed by atoms with Crippen molar-refractivity contribution in [1.29, 1.82) is 0 Å². The summed E-state index contributed by atoms with van der Waals surface area (Å²) in [5.41, 5.74) is 6.86. The molecule has 0 spiro atoms. The van der Waals surface area contributed by atoms with E-state index in [9.17, 15) is 9.59 Å². The second kappa shape index (κ2) is 7.69. The molecule has 1 aromatic rings. The third-order valence-electron chi connectivity index (χ3n) is 2.95. The van der Waals surface area contributed by atoms with Crippen LogP contribution in [0.25, 0.3) is 0 Å². The van der Waals surface area contributed by atoms with Gasteiger partial charge >= 0.3 is 0 Å². The average Bonchev–Trinajstić information content (AvgIpc) is 2.39. The van der Waals surface area contributed by atoms with Gasteiger partial charge in [0, 0.05) is 18.9 Å². The molecule has 4 heteroatoms. The molecule has 4 nitrogen and oxygen atoms in total. The molecular weight excluding hydrogens is 240 g/mol. The van der Waals surface area contributed by atoms with E-state index in [1.54, 1.807) is 0 Å². The molecule has 0 unspecified atom stereocenters. The molecule has 1 amide bonds. The van der Waals surface area contributed by atoms with Crippen LogP contribution in [0.15, 0.2) is 30.3 Å². The molecule has 3 N–H and O–H groups in total. The van der Waals surface area contributed by atoms with Gasteiger partial charge in [0.2, 0.25) is 5.91 Å². The zero-order valence-electron chi connectivity index (χ0n) is 11.6. The lowest BCUT2D eigenvalue weighted by Crippen LogP contribution is -2.42. The Labute approximate surface area is 114 Å². The van der Waals surface area contributed by atoms with Crippen LogP contribution in [-0.4, -0.2) is 24.3 Å². The van der Waals surface area contributed by atoms with Gasteiger partial charge in [0.25, 0.3) is 0 Å². The number of ketones is 1. The van der Waals surface area contributed by atoms with E-state index in [2.05, 4.69) is 5.32 Å². The first-order chi connectivity index (χ1) is 9.00. The smallest absolute Gasteiger partial charge is 0.237 e. The number of carbonyl (C=O) groups is 2. The molecule has 1 rings (SSSR count). The number of rotatable bonds is 7. The van der Waals surface area contributed by atoms with E-state index >= 15 is 0 Å². The number of amides is 1. The van der Waals surface area contributed by atoms with Crippen LogP contribution in [0.2, 0.25) is 0 Å². The summed E-state index contributed by atoms with van der Waals surface area (Å²) >= 11 is 0. The Bertz CT molecular complexity index is 415. The van der Waals surface area contributed by atoms with Crippen LogP contribution in [0.3, 0.4) is 0 Å². The topological polar surface area (TPSA) is 72.2 Å². The van der Waals surface area contributed by atoms with Crippen LogP contribution >= 0.6 is 0 Å². The number of hydrogen-bond donors (Lipinski definition) is 2. The molecule has 0 aromatic heterocycles. The van der Waals surface area contributed by atoms with Crippen LogP contribution in [0.4, 0.5) is 0 Å². The van der Waals surface area contributed by atoms with E-state index in [0.717, 1.165) is 5.56 Å². The molecule has 0 aliphatic carbocycles. The Hall–Kier alpha value is -1.68. The van der Waals surface area contributed by atoms with Gasteiger partial charge in [-0.25, -0.2) is 0 Å². The van der Waals surface area contributed by atoms with E-state index < -0.39 is 6.04 Å². The SMILES string of the molecule is CC(C)C(=O)CCNC(=O)[C@@H](N)Cc1ccccc1. The minimum absolute atomic E-state index is 0.00916. The maximum atomic E-state index is 11.8. The average molecular weight is 262 g/mol. The normalized spacial score (nSPS) is 12.2. The molecule has 1 atom stereocenters. The van der Waals surface area contributed by atoms with Gasteiger partial charge in [-0.05, 0) is 12.0 Å². The Balaban J connectivity index is 2.31. The first kappa shape index (κ1) is 15.4. The maximum Gasteiger partial charge on any atom is 0.237 e. The van der Waals surface area contributed by atoms with Gasteiger partial charge < -0.3 is 11.1 Å². The van der Waals surface area contributed by atoms with Crippen molar-refractivity contribution in [3.8, 4) is 0 Å². The standard InChI is InChI=1S/C15H22N2O2/c1-11(2)14(18)8-9-17-15(19)13(16)10-12-6-4-3-5-7-12/h3-7,11,13H,8-10,16H2,1-2H3,(H,17,19)/t13-/m0/s1. The van der Waals surface area contributed by atoms with Gasteiger partial charge in [0.05, 0.1) is 6.04 Å². The Morgan fingerprint density at radius 1 is 1.21 bits per heavy atom. The van der Waals surface area contributed by atoms with Gasteiger partial charge in [-0.15, -0.1) is 0 Å². The van der Waals surface area contributed by atoms with E-state index in [0.29, 0.717) is 19.4 Å². The van der Waals surface area contributed by atoms with Crippen molar-refractivity contribution in [2.45, 2.75) is 32.7 Å². The predicted molar refractivity (Wildman–Crippen MR) is 75.6 cm³/mol. The molecule has 0 aliphatic rings. The molecule has 0 saturated heterocycles. The molecule has 104 valence electrons. The zero-order valence-corrected chi connectivity index (χ0v) is 11.6. The van der Waals surface area contributed by atoms with Crippen LogP contribution in [0.5, 0.6) is 0 Å². The highest BCUT2D eigenvalue weighted by Crippen LogP contribution is 2.02. The minimum atomic E-state index is -0.573. The lowest BCUT2D eigenvalue weighted by molar-refractivity contribution is -0.123. The highest BCUT2D eigenvalue weighted by molar-refractivity contribution is 5.83. The lowest BCUT2D eigenvalue weighted by Gasteiger charge is -2.12. The summed E-state index contributed by atoms with van der Waals surface area (Å²) in [5, 5.41) is 2.70. The van der Waals surface area contributed by atoms with Gasteiger partial charge in [0.15, 0.2) is 0 Å². The first-order valence-electron chi connectivity index (χ1n) is 6.60. The molecular formula is C15H22N2O2. The molecule has 0 radical (unpaired) electrons. The Kier molecular flexibility index (Phi) is 6.22. The Morgan fingerprint density at radius 3 is 2.42 bits per heavy atom. The van der Waals surface area contributed by atoms with E-state index in [4.69, 9.17) is 5.73 Å². The third-order valence-corrected chi connectivity index (χ3v) is 2.95. The summed E-state index contributed by atoms with van der Waals surface area (Å²) in [7, 11) is 0. The van der Waals surface area contributed by atoms with Crippen molar-refractivity contribution in [2.75, 3.05) is 6.54 Å². The van der Waals surface area contributed by atoms with E-state index in [1.807, 2.05) is 44.2 Å². The van der Waals surface area contributed by atoms with Crippen molar-refractivity contribution in [1.82, 2.24) is 5.32 Å². The fourth-order valence-corrected chi connectivity index (χ4v) is 1.69. The summed E-state index contributed by atoms with van der Waals surface area (Å²) in [6.07, 6.45) is 0.867. The largest absolute Gasteiger partial charge is 0.354 e. The summed E-state index contributed by atoms with van der Waals surface area (Å²) in [5.74, 6) is -0.0489. The molecule has 0 bridgehead atoms. The van der Waals surface area contributed by atoms with Crippen LogP contribution in [-0.2, 0) is 16.0 Å². The van der Waals surface area contributed by atoms with Gasteiger partial charge in [-0.3, -0.25) is 9.59 Å². The first-order valence-corrected chi connectivity index (χ1v) is 6.60. The molecule has 0 aliphatic heterocycles. The van der Waals surface area contributed by atoms with Crippen LogP contribution < -0.4 is 11.1 Å². The summed E-state index contributed by atoms with van der Waals surface area (Å²) < 4.78 is 0.